The van der Waals surface area contributed by atoms with E-state index in [0.717, 1.165) is 36.7 Å². The summed E-state index contributed by atoms with van der Waals surface area (Å²) in [7, 11) is 0. The quantitative estimate of drug-likeness (QED) is 0.891. The van der Waals surface area contributed by atoms with Crippen LogP contribution < -0.4 is 10.1 Å². The van der Waals surface area contributed by atoms with Crippen LogP contribution in [0.25, 0.3) is 10.8 Å². The summed E-state index contributed by atoms with van der Waals surface area (Å²) >= 11 is 0. The predicted octanol–water partition coefficient (Wildman–Crippen LogP) is 2.24. The Morgan fingerprint density at radius 3 is 2.89 bits per heavy atom. The Hall–Kier alpha value is -2.12. The Labute approximate surface area is 112 Å². The van der Waals surface area contributed by atoms with Gasteiger partial charge >= 0.3 is 0 Å². The number of nitriles is 1. The number of benzene rings is 1. The van der Waals surface area contributed by atoms with Gasteiger partial charge in [-0.05, 0) is 43.5 Å². The minimum Gasteiger partial charge on any atom is -0.474 e. The fraction of sp³-hybridized carbons (Fsp3) is 0.333. The minimum absolute atomic E-state index is 0.186. The number of hydrogen-bond donors (Lipinski definition) is 1. The van der Waals surface area contributed by atoms with Crippen LogP contribution in [0.4, 0.5) is 0 Å². The molecule has 1 N–H and O–H groups in total. The second-order valence-corrected chi connectivity index (χ2v) is 4.70. The number of nitrogens with one attached hydrogen (secondary N) is 1. The van der Waals surface area contributed by atoms with Crippen molar-refractivity contribution in [1.29, 1.82) is 5.26 Å². The summed E-state index contributed by atoms with van der Waals surface area (Å²) in [6.45, 7) is 1.95. The summed E-state index contributed by atoms with van der Waals surface area (Å²) in [5.74, 6) is 0.585. The van der Waals surface area contributed by atoms with E-state index in [2.05, 4.69) is 16.4 Å². The van der Waals surface area contributed by atoms with Crippen LogP contribution in [0, 0.1) is 11.3 Å². The topological polar surface area (TPSA) is 57.9 Å². The van der Waals surface area contributed by atoms with Crippen LogP contribution in [0.1, 0.15) is 18.4 Å². The van der Waals surface area contributed by atoms with Gasteiger partial charge in [-0.25, -0.2) is 4.98 Å². The highest BCUT2D eigenvalue weighted by atomic mass is 16.5. The summed E-state index contributed by atoms with van der Waals surface area (Å²) < 4.78 is 6.01. The van der Waals surface area contributed by atoms with E-state index in [0.29, 0.717) is 11.4 Å². The molecule has 0 bridgehead atoms. The highest BCUT2D eigenvalue weighted by Gasteiger charge is 2.17. The predicted molar refractivity (Wildman–Crippen MR) is 73.0 cm³/mol. The number of nitrogens with zero attached hydrogens (tertiary/aromatic N) is 2. The second kappa shape index (κ2) is 5.25. The van der Waals surface area contributed by atoms with Gasteiger partial charge < -0.3 is 10.1 Å². The molecule has 1 aliphatic heterocycles. The first-order chi connectivity index (χ1) is 9.38. The molecule has 1 fully saturated rings. The second-order valence-electron chi connectivity index (χ2n) is 4.70. The van der Waals surface area contributed by atoms with Gasteiger partial charge in [-0.15, -0.1) is 0 Å². The molecule has 0 saturated carbocycles. The Morgan fingerprint density at radius 1 is 1.26 bits per heavy atom. The van der Waals surface area contributed by atoms with E-state index in [-0.39, 0.29) is 6.10 Å². The van der Waals surface area contributed by atoms with Crippen LogP contribution in [-0.2, 0) is 0 Å². The van der Waals surface area contributed by atoms with Gasteiger partial charge in [-0.2, -0.15) is 5.26 Å². The largest absolute Gasteiger partial charge is 0.474 e. The van der Waals surface area contributed by atoms with Gasteiger partial charge in [0, 0.05) is 6.20 Å². The maximum atomic E-state index is 9.22. The molecule has 96 valence electrons. The lowest BCUT2D eigenvalue weighted by Gasteiger charge is -2.23. The fourth-order valence-corrected chi connectivity index (χ4v) is 2.45. The summed E-state index contributed by atoms with van der Waals surface area (Å²) in [6.07, 6.45) is 3.88. The number of rotatable bonds is 2. The van der Waals surface area contributed by atoms with Crippen molar-refractivity contribution < 1.29 is 4.74 Å². The molecule has 1 aromatic carbocycles. The van der Waals surface area contributed by atoms with Gasteiger partial charge in [0.15, 0.2) is 0 Å². The maximum absolute atomic E-state index is 9.22. The Balaban J connectivity index is 2.00. The molecule has 1 aliphatic rings. The molecule has 3 rings (SSSR count). The number of piperidine rings is 1. The molecule has 2 heterocycles. The molecule has 4 heteroatoms. The molecule has 1 saturated heterocycles. The molecule has 19 heavy (non-hydrogen) atoms. The Morgan fingerprint density at radius 2 is 2.11 bits per heavy atom. The zero-order chi connectivity index (χ0) is 13.1. The van der Waals surface area contributed by atoms with Gasteiger partial charge in [0.2, 0.25) is 5.88 Å². The van der Waals surface area contributed by atoms with Crippen molar-refractivity contribution in [2.24, 2.45) is 0 Å². The molecule has 4 nitrogen and oxygen atoms in total. The lowest BCUT2D eigenvalue weighted by Crippen LogP contribution is -2.34. The fourth-order valence-electron chi connectivity index (χ4n) is 2.45. The van der Waals surface area contributed by atoms with E-state index in [1.807, 2.05) is 18.2 Å². The van der Waals surface area contributed by atoms with E-state index in [1.165, 1.54) is 0 Å². The van der Waals surface area contributed by atoms with Gasteiger partial charge in [-0.3, -0.25) is 0 Å². The monoisotopic (exact) mass is 253 g/mol. The standard InChI is InChI=1S/C15H15N3O/c16-10-12-3-1-2-11-4-9-18-15(14(11)12)19-13-5-7-17-8-6-13/h1-4,9,13,17H,5-8H2. The molecule has 0 radical (unpaired) electrons. The van der Waals surface area contributed by atoms with Crippen LogP contribution in [0.2, 0.25) is 0 Å². The van der Waals surface area contributed by atoms with E-state index in [1.54, 1.807) is 12.3 Å². The van der Waals surface area contributed by atoms with E-state index in [9.17, 15) is 5.26 Å². The molecule has 1 aromatic heterocycles. The van der Waals surface area contributed by atoms with E-state index in [4.69, 9.17) is 4.74 Å². The van der Waals surface area contributed by atoms with Crippen LogP contribution in [0.15, 0.2) is 30.5 Å². The van der Waals surface area contributed by atoms with Gasteiger partial charge in [0.05, 0.1) is 17.0 Å². The average Bonchev–Trinajstić information content (AvgIpc) is 2.48. The van der Waals surface area contributed by atoms with Crippen molar-refractivity contribution in [3.8, 4) is 11.9 Å². The lowest BCUT2D eigenvalue weighted by atomic mass is 10.1. The molecule has 2 aromatic rings. The van der Waals surface area contributed by atoms with Crippen molar-refractivity contribution in [3.05, 3.63) is 36.0 Å². The molecular weight excluding hydrogens is 238 g/mol. The highest BCUT2D eigenvalue weighted by molar-refractivity contribution is 5.91. The van der Waals surface area contributed by atoms with E-state index < -0.39 is 0 Å². The third-order valence-electron chi connectivity index (χ3n) is 3.44. The smallest absolute Gasteiger partial charge is 0.222 e. The summed E-state index contributed by atoms with van der Waals surface area (Å²) in [6, 6.07) is 9.79. The molecular formula is C15H15N3O. The molecule has 0 atom stereocenters. The maximum Gasteiger partial charge on any atom is 0.222 e. The first kappa shape index (κ1) is 11.9. The number of aromatic nitrogens is 1. The normalized spacial score (nSPS) is 16.2. The first-order valence-corrected chi connectivity index (χ1v) is 6.53. The van der Waals surface area contributed by atoms with Crippen molar-refractivity contribution >= 4 is 10.8 Å². The Bertz CT molecular complexity index is 622. The van der Waals surface area contributed by atoms with Crippen molar-refractivity contribution in [1.82, 2.24) is 10.3 Å². The summed E-state index contributed by atoms with van der Waals surface area (Å²) in [5.41, 5.74) is 0.620. The van der Waals surface area contributed by atoms with Gasteiger partial charge in [0.1, 0.15) is 6.10 Å². The summed E-state index contributed by atoms with van der Waals surface area (Å²) in [5, 5.41) is 14.4. The summed E-state index contributed by atoms with van der Waals surface area (Å²) in [4.78, 5) is 4.32. The van der Waals surface area contributed by atoms with Crippen LogP contribution in [-0.4, -0.2) is 24.2 Å². The first-order valence-electron chi connectivity index (χ1n) is 6.53. The molecule has 0 spiro atoms. The molecule has 0 unspecified atom stereocenters. The van der Waals surface area contributed by atoms with Crippen molar-refractivity contribution in [3.63, 3.8) is 0 Å². The average molecular weight is 253 g/mol. The number of fused-ring (bicyclic) bond motifs is 1. The van der Waals surface area contributed by atoms with E-state index >= 15 is 0 Å². The SMILES string of the molecule is N#Cc1cccc2ccnc(OC3CCNCC3)c12. The zero-order valence-electron chi connectivity index (χ0n) is 10.6. The Kier molecular flexibility index (Phi) is 3.30. The van der Waals surface area contributed by atoms with Crippen LogP contribution in [0.3, 0.4) is 0 Å². The van der Waals surface area contributed by atoms with Crippen molar-refractivity contribution in [2.45, 2.75) is 18.9 Å². The third-order valence-corrected chi connectivity index (χ3v) is 3.44. The molecule has 0 amide bonds. The third kappa shape index (κ3) is 2.38. The van der Waals surface area contributed by atoms with Crippen molar-refractivity contribution in [2.75, 3.05) is 13.1 Å². The van der Waals surface area contributed by atoms with Gasteiger partial charge in [0.25, 0.3) is 0 Å². The van der Waals surface area contributed by atoms with Gasteiger partial charge in [-0.1, -0.05) is 12.1 Å². The van der Waals surface area contributed by atoms with Crippen LogP contribution >= 0.6 is 0 Å². The van der Waals surface area contributed by atoms with Crippen LogP contribution in [0.5, 0.6) is 5.88 Å². The zero-order valence-corrected chi connectivity index (χ0v) is 10.6. The lowest BCUT2D eigenvalue weighted by molar-refractivity contribution is 0.158. The highest BCUT2D eigenvalue weighted by Crippen LogP contribution is 2.28. The number of ether oxygens (including phenoxy) is 1. The number of pyridine rings is 1. The minimum atomic E-state index is 0.186. The molecule has 0 aliphatic carbocycles. The number of hydrogen-bond acceptors (Lipinski definition) is 4.